The van der Waals surface area contributed by atoms with Crippen LogP contribution in [0.4, 0.5) is 0 Å². The SMILES string of the molecule is NC([O-])=S.NC([O-])=S.[Te+2]. The molecule has 0 amide bonds. The van der Waals surface area contributed by atoms with Crippen LogP contribution in [-0.4, -0.2) is 34.0 Å². The molecule has 0 bridgehead atoms. The fraction of sp³-hybridized carbons (Fsp3) is 0. The van der Waals surface area contributed by atoms with E-state index in [-0.39, 0.29) is 23.7 Å². The molecule has 0 aliphatic carbocycles. The van der Waals surface area contributed by atoms with Crippen LogP contribution in [0.1, 0.15) is 0 Å². The fourth-order valence-corrected chi connectivity index (χ4v) is 0. The van der Waals surface area contributed by atoms with Crippen LogP contribution in [0, 0.1) is 0 Å². The van der Waals surface area contributed by atoms with E-state index >= 15 is 0 Å². The molecular formula is C2H4N2O2S2Te. The van der Waals surface area contributed by atoms with E-state index in [2.05, 4.69) is 35.9 Å². The van der Waals surface area contributed by atoms with Crippen LogP contribution < -0.4 is 21.7 Å². The molecule has 0 saturated carbocycles. The summed E-state index contributed by atoms with van der Waals surface area (Å²) in [6.07, 6.45) is 0. The minimum atomic E-state index is -0.750. The minimum Gasteiger partial charge on any atom is -0.852 e. The van der Waals surface area contributed by atoms with Gasteiger partial charge in [0.1, 0.15) is 0 Å². The van der Waals surface area contributed by atoms with E-state index < -0.39 is 10.3 Å². The molecule has 0 fully saturated rings. The molecule has 0 aromatic carbocycles. The van der Waals surface area contributed by atoms with Gasteiger partial charge in [-0.05, 0) is 0 Å². The van der Waals surface area contributed by atoms with Crippen molar-refractivity contribution in [3.8, 4) is 0 Å². The zero-order valence-electron chi connectivity index (χ0n) is 4.20. The van der Waals surface area contributed by atoms with Gasteiger partial charge in [-0.3, -0.25) is 0 Å². The minimum absolute atomic E-state index is 0. The van der Waals surface area contributed by atoms with Gasteiger partial charge in [0.05, 0.1) is 0 Å². The summed E-state index contributed by atoms with van der Waals surface area (Å²) in [5, 5.41) is 16.6. The Morgan fingerprint density at radius 1 is 1.00 bits per heavy atom. The fourth-order valence-electron chi connectivity index (χ4n) is 0. The molecule has 0 aromatic heterocycles. The van der Waals surface area contributed by atoms with Crippen molar-refractivity contribution in [3.63, 3.8) is 0 Å². The second-order valence-electron chi connectivity index (χ2n) is 0.638. The van der Waals surface area contributed by atoms with Gasteiger partial charge >= 0.3 is 23.7 Å². The molecule has 0 aliphatic heterocycles. The van der Waals surface area contributed by atoms with Crippen molar-refractivity contribution in [1.29, 1.82) is 0 Å². The number of thiocarbonyl (C=S) groups is 2. The predicted octanol–water partition coefficient (Wildman–Crippen LogP) is -3.20. The average molecular weight is 280 g/mol. The Kier molecular flexibility index (Phi) is 19.7. The van der Waals surface area contributed by atoms with E-state index in [0.29, 0.717) is 0 Å². The normalized spacial score (nSPS) is 5.33. The van der Waals surface area contributed by atoms with E-state index in [1.54, 1.807) is 0 Å². The molecule has 0 rings (SSSR count). The maximum absolute atomic E-state index is 9.04. The van der Waals surface area contributed by atoms with Crippen LogP contribution in [0.3, 0.4) is 0 Å². The summed E-state index contributed by atoms with van der Waals surface area (Å²) in [6.45, 7) is 0. The van der Waals surface area contributed by atoms with Gasteiger partial charge in [-0.15, -0.1) is 0 Å². The maximum atomic E-state index is 9.04. The predicted molar refractivity (Wildman–Crippen MR) is 39.3 cm³/mol. The van der Waals surface area contributed by atoms with Gasteiger partial charge in [0.25, 0.3) is 0 Å². The molecule has 0 spiro atoms. The first-order chi connectivity index (χ1) is 3.46. The van der Waals surface area contributed by atoms with Crippen LogP contribution in [0.15, 0.2) is 0 Å². The summed E-state index contributed by atoms with van der Waals surface area (Å²) in [7, 11) is 0. The van der Waals surface area contributed by atoms with Crippen LogP contribution in [0.2, 0.25) is 0 Å². The summed E-state index contributed by atoms with van der Waals surface area (Å²) in [5.74, 6) is 0. The quantitative estimate of drug-likeness (QED) is 0.358. The molecule has 52 valence electrons. The Labute approximate surface area is 79.9 Å². The standard InChI is InChI=1S/2CH3NOS.Te/c2*2-1(3)4;/h2*(H3,2,3,4);/q;;+2/p-2. The van der Waals surface area contributed by atoms with Crippen LogP contribution in [0.5, 0.6) is 0 Å². The average Bonchev–Trinajstić information content (AvgIpc) is 1.25. The molecule has 0 atom stereocenters. The van der Waals surface area contributed by atoms with E-state index in [9.17, 15) is 0 Å². The Morgan fingerprint density at radius 3 is 1.00 bits per heavy atom. The van der Waals surface area contributed by atoms with Gasteiger partial charge in [-0.2, -0.15) is 0 Å². The molecular weight excluding hydrogens is 276 g/mol. The van der Waals surface area contributed by atoms with E-state index in [1.165, 1.54) is 0 Å². The van der Waals surface area contributed by atoms with Crippen molar-refractivity contribution in [3.05, 3.63) is 0 Å². The number of hydrogen-bond donors (Lipinski definition) is 2. The number of rotatable bonds is 0. The Hall–Kier alpha value is 0.170. The molecule has 0 saturated heterocycles. The zero-order valence-corrected chi connectivity index (χ0v) is 8.16. The molecule has 4 N–H and O–H groups in total. The number of hydrogen-bond acceptors (Lipinski definition) is 4. The topological polar surface area (TPSA) is 98.2 Å². The monoisotopic (exact) mass is 282 g/mol. The third kappa shape index (κ3) is 10800. The summed E-state index contributed by atoms with van der Waals surface area (Å²) in [5.41, 5.74) is 8.57. The summed E-state index contributed by atoms with van der Waals surface area (Å²) in [6, 6.07) is 0. The molecule has 4 nitrogen and oxygen atoms in total. The van der Waals surface area contributed by atoms with Gasteiger partial charge in [0, 0.05) is 10.3 Å². The maximum Gasteiger partial charge on any atom is 2.00 e. The Bertz CT molecular complexity index is 78.6. The third-order valence-corrected chi connectivity index (χ3v) is 0. The first-order valence-electron chi connectivity index (χ1n) is 1.39. The molecule has 9 heavy (non-hydrogen) atoms. The van der Waals surface area contributed by atoms with Gasteiger partial charge < -0.3 is 21.7 Å². The first kappa shape index (κ1) is 16.1. The van der Waals surface area contributed by atoms with Crippen LogP contribution in [0.25, 0.3) is 0 Å². The summed E-state index contributed by atoms with van der Waals surface area (Å²) >= 11 is 7.52. The van der Waals surface area contributed by atoms with Gasteiger partial charge in [-0.25, -0.2) is 0 Å². The van der Waals surface area contributed by atoms with E-state index in [0.717, 1.165) is 0 Å². The molecule has 0 heterocycles. The Balaban J connectivity index is -0.0000000720. The van der Waals surface area contributed by atoms with Crippen molar-refractivity contribution in [2.24, 2.45) is 11.5 Å². The van der Waals surface area contributed by atoms with Gasteiger partial charge in [0.2, 0.25) is 0 Å². The van der Waals surface area contributed by atoms with Crippen molar-refractivity contribution in [2.45, 2.75) is 0 Å². The van der Waals surface area contributed by atoms with E-state index in [4.69, 9.17) is 10.2 Å². The second-order valence-corrected chi connectivity index (χ2v) is 1.44. The smallest absolute Gasteiger partial charge is 0.852 e. The molecule has 0 aromatic rings. The third-order valence-electron chi connectivity index (χ3n) is 0. The molecule has 4 radical (unpaired) electrons. The second kappa shape index (κ2) is 11.0. The molecule has 0 unspecified atom stereocenters. The number of nitrogens with two attached hydrogens (primary N) is 2. The summed E-state index contributed by atoms with van der Waals surface area (Å²) < 4.78 is 0. The van der Waals surface area contributed by atoms with Crippen molar-refractivity contribution in [1.82, 2.24) is 0 Å². The molecule has 7 heteroatoms. The summed E-state index contributed by atoms with van der Waals surface area (Å²) in [4.78, 5) is 0. The van der Waals surface area contributed by atoms with Crippen molar-refractivity contribution >= 4 is 58.5 Å². The largest absolute Gasteiger partial charge is 2.00 e. The molecule has 0 aliphatic rings. The Morgan fingerprint density at radius 2 is 1.00 bits per heavy atom. The van der Waals surface area contributed by atoms with Crippen LogP contribution in [-0.2, 0) is 0 Å². The van der Waals surface area contributed by atoms with Crippen LogP contribution >= 0.6 is 24.4 Å². The zero-order chi connectivity index (χ0) is 7.15. The van der Waals surface area contributed by atoms with Crippen molar-refractivity contribution in [2.75, 3.05) is 0 Å². The first-order valence-corrected chi connectivity index (χ1v) is 2.21. The van der Waals surface area contributed by atoms with Gasteiger partial charge in [0.15, 0.2) is 0 Å². The van der Waals surface area contributed by atoms with Gasteiger partial charge in [-0.1, -0.05) is 24.4 Å². The van der Waals surface area contributed by atoms with E-state index in [1.807, 2.05) is 0 Å². The van der Waals surface area contributed by atoms with Crippen molar-refractivity contribution < 1.29 is 10.2 Å².